The van der Waals surface area contributed by atoms with Gasteiger partial charge < -0.3 is 4.57 Å². The second-order valence-corrected chi connectivity index (χ2v) is 3.77. The van der Waals surface area contributed by atoms with Crippen molar-refractivity contribution >= 4 is 12.0 Å². The summed E-state index contributed by atoms with van der Waals surface area (Å²) in [5, 5.41) is 10.8. The third kappa shape index (κ3) is 2.42. The Morgan fingerprint density at radius 2 is 2.17 bits per heavy atom. The van der Waals surface area contributed by atoms with E-state index in [1.165, 1.54) is 0 Å². The highest BCUT2D eigenvalue weighted by atomic mass is 19.1. The molecule has 0 spiro atoms. The van der Waals surface area contributed by atoms with Gasteiger partial charge in [0.15, 0.2) is 6.29 Å². The molecule has 0 saturated carbocycles. The molecule has 0 amide bonds. The molecule has 0 atom stereocenters. The monoisotopic (exact) mass is 248 g/mol. The first-order valence-corrected chi connectivity index (χ1v) is 5.14. The molecule has 0 unspecified atom stereocenters. The van der Waals surface area contributed by atoms with Crippen LogP contribution in [-0.4, -0.2) is 15.8 Å². The highest BCUT2D eigenvalue weighted by Crippen LogP contribution is 2.20. The molecule has 0 aliphatic carbocycles. The Morgan fingerprint density at radius 3 is 2.78 bits per heavy atom. The number of nitro groups is 1. The Morgan fingerprint density at radius 1 is 1.39 bits per heavy atom. The van der Waals surface area contributed by atoms with Crippen LogP contribution in [0.4, 0.5) is 10.1 Å². The molecule has 2 aromatic rings. The minimum atomic E-state index is -0.557. The number of benzene rings is 1. The average molecular weight is 248 g/mol. The normalized spacial score (nSPS) is 10.3. The van der Waals surface area contributed by atoms with Crippen molar-refractivity contribution in [3.8, 4) is 0 Å². The molecule has 0 N–H and O–H groups in total. The zero-order valence-electron chi connectivity index (χ0n) is 9.25. The van der Waals surface area contributed by atoms with Crippen LogP contribution in [0, 0.1) is 15.9 Å². The molecule has 0 bridgehead atoms. The van der Waals surface area contributed by atoms with Crippen molar-refractivity contribution in [3.63, 3.8) is 0 Å². The number of halogens is 1. The lowest BCUT2D eigenvalue weighted by Gasteiger charge is -2.04. The van der Waals surface area contributed by atoms with Crippen LogP contribution in [0.5, 0.6) is 0 Å². The summed E-state index contributed by atoms with van der Waals surface area (Å²) in [5.74, 6) is -0.529. The Labute approximate surface area is 102 Å². The molecule has 2 rings (SSSR count). The lowest BCUT2D eigenvalue weighted by atomic mass is 10.1. The fourth-order valence-corrected chi connectivity index (χ4v) is 1.68. The highest BCUT2D eigenvalue weighted by molar-refractivity contribution is 5.74. The number of aldehydes is 1. The number of nitro benzene ring substituents is 1. The molecular formula is C12H9FN2O3. The molecule has 0 aliphatic heterocycles. The van der Waals surface area contributed by atoms with Crippen molar-refractivity contribution in [1.82, 2.24) is 4.57 Å². The molecule has 1 aromatic heterocycles. The molecule has 6 heteroatoms. The predicted molar refractivity (Wildman–Crippen MR) is 62.0 cm³/mol. The fourth-order valence-electron chi connectivity index (χ4n) is 1.68. The van der Waals surface area contributed by atoms with Crippen molar-refractivity contribution in [3.05, 3.63) is 63.7 Å². The molecule has 0 radical (unpaired) electrons. The summed E-state index contributed by atoms with van der Waals surface area (Å²) in [5.41, 5.74) is 0.583. The lowest BCUT2D eigenvalue weighted by molar-refractivity contribution is -0.385. The summed E-state index contributed by atoms with van der Waals surface area (Å²) in [6.07, 6.45) is 3.83. The minimum absolute atomic E-state index is 0.141. The number of carbonyl (C=O) groups excluding carboxylic acids is 1. The van der Waals surface area contributed by atoms with Crippen molar-refractivity contribution in [2.45, 2.75) is 6.54 Å². The lowest BCUT2D eigenvalue weighted by Crippen LogP contribution is -2.02. The van der Waals surface area contributed by atoms with E-state index in [9.17, 15) is 19.3 Å². The number of hydrogen-bond donors (Lipinski definition) is 0. The number of rotatable bonds is 4. The van der Waals surface area contributed by atoms with Gasteiger partial charge in [0.25, 0.3) is 5.69 Å². The van der Waals surface area contributed by atoms with Crippen LogP contribution < -0.4 is 0 Å². The van der Waals surface area contributed by atoms with Crippen LogP contribution in [0.15, 0.2) is 36.7 Å². The van der Waals surface area contributed by atoms with Gasteiger partial charge in [0.05, 0.1) is 17.0 Å². The summed E-state index contributed by atoms with van der Waals surface area (Å²) in [7, 11) is 0. The zero-order chi connectivity index (χ0) is 13.1. The van der Waals surface area contributed by atoms with Gasteiger partial charge >= 0.3 is 0 Å². The molecule has 1 heterocycles. The summed E-state index contributed by atoms with van der Waals surface area (Å²) in [4.78, 5) is 20.8. The summed E-state index contributed by atoms with van der Waals surface area (Å²) in [6.45, 7) is 0.141. The first-order chi connectivity index (χ1) is 8.60. The predicted octanol–water partition coefficient (Wildman–Crippen LogP) is 2.40. The van der Waals surface area contributed by atoms with E-state index in [-0.39, 0.29) is 17.8 Å². The van der Waals surface area contributed by atoms with Gasteiger partial charge in [-0.3, -0.25) is 14.9 Å². The minimum Gasteiger partial charge on any atom is -0.349 e. The first-order valence-electron chi connectivity index (χ1n) is 5.14. The molecule has 0 aliphatic rings. The standard InChI is InChI=1S/C12H9FN2O3/c13-11-1-2-12(15(17)18)10(5-11)7-14-4-3-9(6-14)8-16/h1-6,8H,7H2. The van der Waals surface area contributed by atoms with Crippen molar-refractivity contribution in [2.24, 2.45) is 0 Å². The molecular weight excluding hydrogens is 239 g/mol. The topological polar surface area (TPSA) is 65.1 Å². The van der Waals surface area contributed by atoms with Gasteiger partial charge in [-0.25, -0.2) is 4.39 Å². The smallest absolute Gasteiger partial charge is 0.274 e. The fraction of sp³-hybridized carbons (Fsp3) is 0.0833. The SMILES string of the molecule is O=Cc1ccn(Cc2cc(F)ccc2[N+](=O)[O-])c1. The molecule has 5 nitrogen and oxygen atoms in total. The maximum Gasteiger partial charge on any atom is 0.274 e. The van der Waals surface area contributed by atoms with E-state index in [0.29, 0.717) is 11.8 Å². The third-order valence-electron chi connectivity index (χ3n) is 2.50. The van der Waals surface area contributed by atoms with Crippen LogP contribution >= 0.6 is 0 Å². The quantitative estimate of drug-likeness (QED) is 0.474. The summed E-state index contributed by atoms with van der Waals surface area (Å²) >= 11 is 0. The summed E-state index contributed by atoms with van der Waals surface area (Å²) < 4.78 is 14.7. The number of carbonyl (C=O) groups is 1. The Bertz CT molecular complexity index is 607. The Hall–Kier alpha value is -2.50. The van der Waals surface area contributed by atoms with E-state index in [1.807, 2.05) is 0 Å². The third-order valence-corrected chi connectivity index (χ3v) is 2.50. The van der Waals surface area contributed by atoms with Gasteiger partial charge in [-0.2, -0.15) is 0 Å². The van der Waals surface area contributed by atoms with Crippen LogP contribution in [0.1, 0.15) is 15.9 Å². The van der Waals surface area contributed by atoms with E-state index in [1.54, 1.807) is 23.0 Å². The summed E-state index contributed by atoms with van der Waals surface area (Å²) in [6, 6.07) is 4.89. The van der Waals surface area contributed by atoms with Crippen molar-refractivity contribution < 1.29 is 14.1 Å². The second kappa shape index (κ2) is 4.79. The zero-order valence-corrected chi connectivity index (χ0v) is 9.25. The van der Waals surface area contributed by atoms with Crippen LogP contribution in [0.25, 0.3) is 0 Å². The van der Waals surface area contributed by atoms with Crippen molar-refractivity contribution in [1.29, 1.82) is 0 Å². The largest absolute Gasteiger partial charge is 0.349 e. The average Bonchev–Trinajstić information content (AvgIpc) is 2.76. The van der Waals surface area contributed by atoms with Crippen molar-refractivity contribution in [2.75, 3.05) is 0 Å². The van der Waals surface area contributed by atoms with Crippen LogP contribution in [-0.2, 0) is 6.54 Å². The molecule has 1 aromatic carbocycles. The Balaban J connectivity index is 2.35. The van der Waals surface area contributed by atoms with Gasteiger partial charge in [-0.1, -0.05) is 0 Å². The van der Waals surface area contributed by atoms with Crippen LogP contribution in [0.3, 0.4) is 0 Å². The molecule has 92 valence electrons. The Kier molecular flexibility index (Phi) is 3.18. The molecule has 0 saturated heterocycles. The number of aromatic nitrogens is 1. The van der Waals surface area contributed by atoms with Gasteiger partial charge in [-0.05, 0) is 18.2 Å². The van der Waals surface area contributed by atoms with E-state index < -0.39 is 10.7 Å². The van der Waals surface area contributed by atoms with E-state index in [0.717, 1.165) is 18.2 Å². The highest BCUT2D eigenvalue weighted by Gasteiger charge is 2.14. The van der Waals surface area contributed by atoms with Gasteiger partial charge in [0.1, 0.15) is 5.82 Å². The van der Waals surface area contributed by atoms with Gasteiger partial charge in [-0.15, -0.1) is 0 Å². The van der Waals surface area contributed by atoms with Gasteiger partial charge in [0.2, 0.25) is 0 Å². The van der Waals surface area contributed by atoms with E-state index in [2.05, 4.69) is 0 Å². The molecule has 0 fully saturated rings. The first kappa shape index (κ1) is 12.0. The van der Waals surface area contributed by atoms with E-state index >= 15 is 0 Å². The maximum absolute atomic E-state index is 13.1. The van der Waals surface area contributed by atoms with Crippen LogP contribution in [0.2, 0.25) is 0 Å². The number of nitrogens with zero attached hydrogens (tertiary/aromatic N) is 2. The van der Waals surface area contributed by atoms with E-state index in [4.69, 9.17) is 0 Å². The molecule has 18 heavy (non-hydrogen) atoms. The second-order valence-electron chi connectivity index (χ2n) is 3.77. The number of hydrogen-bond acceptors (Lipinski definition) is 3. The van der Waals surface area contributed by atoms with Gasteiger partial charge in [0, 0.05) is 24.0 Å². The maximum atomic E-state index is 13.1.